The molecule has 0 atom stereocenters. The van der Waals surface area contributed by atoms with E-state index in [0.717, 1.165) is 17.7 Å². The van der Waals surface area contributed by atoms with Gasteiger partial charge in [-0.3, -0.25) is 13.9 Å². The molecule has 0 unspecified atom stereocenters. The summed E-state index contributed by atoms with van der Waals surface area (Å²) in [6, 6.07) is 15.5. The Bertz CT molecular complexity index is 1400. The van der Waals surface area contributed by atoms with Gasteiger partial charge in [0.05, 0.1) is 22.4 Å². The third-order valence-corrected chi connectivity index (χ3v) is 6.69. The summed E-state index contributed by atoms with van der Waals surface area (Å²) in [7, 11) is -4.41. The minimum Gasteiger partial charge on any atom is -0.427 e. The molecule has 0 spiro atoms. The second kappa shape index (κ2) is 11.2. The number of anilines is 1. The summed E-state index contributed by atoms with van der Waals surface area (Å²) in [5.74, 6) is -1.06. The molecule has 0 aromatic heterocycles. The van der Waals surface area contributed by atoms with Crippen molar-refractivity contribution in [1.82, 2.24) is 5.43 Å². The molecule has 3 aromatic carbocycles. The molecule has 0 heterocycles. The highest BCUT2D eigenvalue weighted by atomic mass is 32.2. The lowest BCUT2D eigenvalue weighted by molar-refractivity contribution is -0.137. The number of hydrazone groups is 1. The van der Waals surface area contributed by atoms with E-state index in [4.69, 9.17) is 4.74 Å². The zero-order valence-corrected chi connectivity index (χ0v) is 20.5. The molecule has 1 amide bonds. The molecule has 0 saturated heterocycles. The third kappa shape index (κ3) is 7.40. The van der Waals surface area contributed by atoms with Gasteiger partial charge in [0.15, 0.2) is 0 Å². The molecule has 0 aliphatic heterocycles. The molecule has 0 fully saturated rings. The monoisotopic (exact) mass is 533 g/mol. The van der Waals surface area contributed by atoms with E-state index in [2.05, 4.69) is 10.5 Å². The van der Waals surface area contributed by atoms with Gasteiger partial charge in [0.2, 0.25) is 0 Å². The molecular weight excluding hydrogens is 511 g/mol. The number of hydrogen-bond acceptors (Lipinski definition) is 6. The van der Waals surface area contributed by atoms with Crippen LogP contribution in [-0.2, 0) is 25.8 Å². The number of ether oxygens (including phenoxy) is 1. The third-order valence-electron chi connectivity index (χ3n) is 4.90. The van der Waals surface area contributed by atoms with E-state index in [1.54, 1.807) is 19.1 Å². The Labute approximate surface area is 211 Å². The van der Waals surface area contributed by atoms with Gasteiger partial charge in [0.1, 0.15) is 12.3 Å². The number of esters is 1. The fraction of sp³-hybridized carbons (Fsp3) is 0.160. The van der Waals surface area contributed by atoms with Crippen LogP contribution in [0.3, 0.4) is 0 Å². The van der Waals surface area contributed by atoms with E-state index < -0.39 is 40.2 Å². The van der Waals surface area contributed by atoms with E-state index in [0.29, 0.717) is 21.7 Å². The maximum Gasteiger partial charge on any atom is 0.416 e. The summed E-state index contributed by atoms with van der Waals surface area (Å²) in [5.41, 5.74) is 2.07. The largest absolute Gasteiger partial charge is 0.427 e. The first kappa shape index (κ1) is 27.4. The number of amides is 1. The van der Waals surface area contributed by atoms with E-state index >= 15 is 0 Å². The van der Waals surface area contributed by atoms with Crippen molar-refractivity contribution in [3.63, 3.8) is 0 Å². The number of hydrogen-bond donors (Lipinski definition) is 1. The van der Waals surface area contributed by atoms with Crippen LogP contribution in [0.1, 0.15) is 23.6 Å². The first-order valence-corrected chi connectivity index (χ1v) is 12.2. The van der Waals surface area contributed by atoms with Crippen LogP contribution in [0.4, 0.5) is 18.9 Å². The number of carbonyl (C=O) groups is 2. The van der Waals surface area contributed by atoms with Crippen LogP contribution < -0.4 is 14.5 Å². The quantitative estimate of drug-likeness (QED) is 0.201. The number of halogens is 3. The van der Waals surface area contributed by atoms with Gasteiger partial charge < -0.3 is 4.74 Å². The summed E-state index contributed by atoms with van der Waals surface area (Å²) in [6.45, 7) is 2.17. The first-order chi connectivity index (χ1) is 17.4. The Morgan fingerprint density at radius 2 is 1.68 bits per heavy atom. The van der Waals surface area contributed by atoms with Crippen LogP contribution >= 0.6 is 0 Å². The number of carbonyl (C=O) groups excluding carboxylic acids is 2. The van der Waals surface area contributed by atoms with Gasteiger partial charge in [-0.25, -0.2) is 13.8 Å². The van der Waals surface area contributed by atoms with Gasteiger partial charge in [-0.2, -0.15) is 18.3 Å². The van der Waals surface area contributed by atoms with Crippen molar-refractivity contribution >= 4 is 33.8 Å². The highest BCUT2D eigenvalue weighted by molar-refractivity contribution is 7.92. The maximum atomic E-state index is 13.3. The zero-order chi connectivity index (χ0) is 27.2. The van der Waals surface area contributed by atoms with Crippen molar-refractivity contribution in [2.75, 3.05) is 10.8 Å². The molecule has 8 nitrogen and oxygen atoms in total. The van der Waals surface area contributed by atoms with Crippen molar-refractivity contribution in [3.8, 4) is 5.75 Å². The van der Waals surface area contributed by atoms with E-state index in [-0.39, 0.29) is 10.6 Å². The predicted octanol–water partition coefficient (Wildman–Crippen LogP) is 4.28. The molecule has 0 bridgehead atoms. The van der Waals surface area contributed by atoms with Crippen molar-refractivity contribution < 1.29 is 35.9 Å². The second-order valence-corrected chi connectivity index (χ2v) is 9.69. The van der Waals surface area contributed by atoms with Crippen molar-refractivity contribution in [3.05, 3.63) is 89.5 Å². The van der Waals surface area contributed by atoms with Crippen molar-refractivity contribution in [2.24, 2.45) is 5.10 Å². The van der Waals surface area contributed by atoms with Crippen LogP contribution in [-0.4, -0.2) is 33.1 Å². The molecular formula is C25H22F3N3O5S. The maximum absolute atomic E-state index is 13.3. The topological polar surface area (TPSA) is 105 Å². The fourth-order valence-electron chi connectivity index (χ4n) is 3.12. The Kier molecular flexibility index (Phi) is 8.33. The molecule has 0 aliphatic carbocycles. The average Bonchev–Trinajstić information content (AvgIpc) is 2.83. The van der Waals surface area contributed by atoms with Gasteiger partial charge in [0.25, 0.3) is 15.9 Å². The highest BCUT2D eigenvalue weighted by Gasteiger charge is 2.33. The van der Waals surface area contributed by atoms with E-state index in [1.165, 1.54) is 55.6 Å². The molecule has 0 saturated carbocycles. The lowest BCUT2D eigenvalue weighted by Gasteiger charge is -2.24. The Morgan fingerprint density at radius 3 is 2.27 bits per heavy atom. The number of nitrogens with zero attached hydrogens (tertiary/aromatic N) is 2. The Balaban J connectivity index is 1.84. The lowest BCUT2D eigenvalue weighted by Crippen LogP contribution is -2.39. The lowest BCUT2D eigenvalue weighted by atomic mass is 10.2. The van der Waals surface area contributed by atoms with E-state index in [1.807, 2.05) is 0 Å². The van der Waals surface area contributed by atoms with Gasteiger partial charge >= 0.3 is 12.1 Å². The zero-order valence-electron chi connectivity index (χ0n) is 19.7. The van der Waals surface area contributed by atoms with Gasteiger partial charge in [0, 0.05) is 6.92 Å². The predicted molar refractivity (Wildman–Crippen MR) is 131 cm³/mol. The number of benzene rings is 3. The standard InChI is InChI=1S/C25H22F3N3O5S/c1-17-6-12-23(13-7-17)37(34,35)31(21-5-3-4-20(14-21)25(26,27)28)16-24(33)30-29-15-19-8-10-22(11-9-19)36-18(2)32/h3-15H,16H2,1-2H3,(H,30,33)/b29-15-. The van der Waals surface area contributed by atoms with E-state index in [9.17, 15) is 31.2 Å². The summed E-state index contributed by atoms with van der Waals surface area (Å²) >= 11 is 0. The smallest absolute Gasteiger partial charge is 0.416 e. The molecule has 3 rings (SSSR count). The van der Waals surface area contributed by atoms with Crippen LogP contribution in [0.5, 0.6) is 5.75 Å². The summed E-state index contributed by atoms with van der Waals surface area (Å²) < 4.78 is 72.0. The van der Waals surface area contributed by atoms with Crippen LogP contribution in [0.15, 0.2) is 82.8 Å². The molecule has 194 valence electrons. The molecule has 0 aliphatic rings. The van der Waals surface area contributed by atoms with Gasteiger partial charge in [-0.05, 0) is 67.1 Å². The number of aryl methyl sites for hydroxylation is 1. The normalized spacial score (nSPS) is 11.8. The summed E-state index contributed by atoms with van der Waals surface area (Å²) in [5, 5.41) is 3.77. The Morgan fingerprint density at radius 1 is 1.03 bits per heavy atom. The minimum absolute atomic E-state index is 0.195. The van der Waals surface area contributed by atoms with Gasteiger partial charge in [-0.15, -0.1) is 0 Å². The molecule has 12 heteroatoms. The molecule has 37 heavy (non-hydrogen) atoms. The SMILES string of the molecule is CC(=O)Oc1ccc(/C=N\NC(=O)CN(c2cccc(C(F)(F)F)c2)S(=O)(=O)c2ccc(C)cc2)cc1. The Hall–Kier alpha value is -4.19. The number of nitrogens with one attached hydrogen (secondary N) is 1. The minimum atomic E-state index is -4.72. The number of alkyl halides is 3. The van der Waals surface area contributed by atoms with Crippen LogP contribution in [0.2, 0.25) is 0 Å². The highest BCUT2D eigenvalue weighted by Crippen LogP contribution is 2.33. The van der Waals surface area contributed by atoms with Crippen LogP contribution in [0.25, 0.3) is 0 Å². The molecule has 1 N–H and O–H groups in total. The van der Waals surface area contributed by atoms with Crippen molar-refractivity contribution in [2.45, 2.75) is 24.9 Å². The molecule has 3 aromatic rings. The summed E-state index contributed by atoms with van der Waals surface area (Å²) in [6.07, 6.45) is -3.45. The van der Waals surface area contributed by atoms with Crippen LogP contribution in [0, 0.1) is 6.92 Å². The number of rotatable bonds is 8. The number of sulfonamides is 1. The molecule has 0 radical (unpaired) electrons. The summed E-state index contributed by atoms with van der Waals surface area (Å²) in [4.78, 5) is 23.4. The average molecular weight is 534 g/mol. The van der Waals surface area contributed by atoms with Gasteiger partial charge in [-0.1, -0.05) is 23.8 Å². The van der Waals surface area contributed by atoms with Crippen molar-refractivity contribution in [1.29, 1.82) is 0 Å². The second-order valence-electron chi connectivity index (χ2n) is 7.83. The first-order valence-electron chi connectivity index (χ1n) is 10.7. The fourth-order valence-corrected chi connectivity index (χ4v) is 4.54.